The summed E-state index contributed by atoms with van der Waals surface area (Å²) in [5.74, 6) is 0. The molecule has 0 bridgehead atoms. The van der Waals surface area contributed by atoms with E-state index < -0.39 is 12.8 Å². The van der Waals surface area contributed by atoms with E-state index in [1.807, 2.05) is 0 Å². The zero-order valence-corrected chi connectivity index (χ0v) is 7.36. The third-order valence-corrected chi connectivity index (χ3v) is 0.164. The molecule has 0 rings (SSSR count). The molecule has 0 aromatic carbocycles. The van der Waals surface area contributed by atoms with Crippen LogP contribution in [0.4, 0.5) is 13.2 Å². The number of hydrogen-bond acceptors (Lipinski definition) is 1. The van der Waals surface area contributed by atoms with Crippen molar-refractivity contribution in [3.05, 3.63) is 0 Å². The largest absolute Gasteiger partial charge is 1.00 e. The molecule has 67 valence electrons. The summed E-state index contributed by atoms with van der Waals surface area (Å²) in [6.45, 7) is -1.98. The van der Waals surface area contributed by atoms with Gasteiger partial charge in [0.1, 0.15) is 0 Å². The van der Waals surface area contributed by atoms with Crippen LogP contribution in [0.1, 0.15) is 0 Å². The van der Waals surface area contributed by atoms with Gasteiger partial charge < -0.3 is 35.4 Å². The smallest absolute Gasteiger partial charge is 0.374 e. The van der Waals surface area contributed by atoms with Gasteiger partial charge in [0, 0.05) is 18.6 Å². The summed E-state index contributed by atoms with van der Waals surface area (Å²) in [5.41, 5.74) is 0. The first-order chi connectivity index (χ1) is 2.56. The van der Waals surface area contributed by atoms with E-state index in [-0.39, 0.29) is 48.8 Å². The quantitative estimate of drug-likeness (QED) is 0.414. The Morgan fingerprint density at radius 2 is 1.20 bits per heavy atom. The van der Waals surface area contributed by atoms with E-state index in [1.165, 1.54) is 0 Å². The first kappa shape index (κ1) is 30.7. The molecule has 8 heteroatoms. The van der Waals surface area contributed by atoms with Crippen LogP contribution in [0, 0.1) is 0 Å². The van der Waals surface area contributed by atoms with Crippen LogP contribution < -0.4 is 29.9 Å². The monoisotopic (exact) mass is 238 g/mol. The molecule has 0 atom stereocenters. The molecule has 0 fully saturated rings. The SMILES string of the molecule is O.[Cl-].[Cl-].[O-]CC(F)(F)F.[V]. The Morgan fingerprint density at radius 3 is 1.20 bits per heavy atom. The van der Waals surface area contributed by atoms with Crippen molar-refractivity contribution in [1.29, 1.82) is 0 Å². The summed E-state index contributed by atoms with van der Waals surface area (Å²) in [6.07, 6.45) is -4.51. The maximum absolute atomic E-state index is 10.5. The van der Waals surface area contributed by atoms with Crippen LogP contribution in [0.5, 0.6) is 0 Å². The Hall–Kier alpha value is 0.874. The maximum atomic E-state index is 10.5. The van der Waals surface area contributed by atoms with Gasteiger partial charge >= 0.3 is 6.18 Å². The second-order valence-corrected chi connectivity index (χ2v) is 0.760. The van der Waals surface area contributed by atoms with Crippen molar-refractivity contribution < 1.29 is 67.1 Å². The van der Waals surface area contributed by atoms with Crippen molar-refractivity contribution in [2.45, 2.75) is 6.18 Å². The molecule has 0 unspecified atom stereocenters. The molecular weight excluding hydrogens is 235 g/mol. The van der Waals surface area contributed by atoms with E-state index >= 15 is 0 Å². The summed E-state index contributed by atoms with van der Waals surface area (Å²) in [7, 11) is 0. The minimum Gasteiger partial charge on any atom is -1.00 e. The van der Waals surface area contributed by atoms with Gasteiger partial charge in [-0.2, -0.15) is 13.2 Å². The van der Waals surface area contributed by atoms with E-state index in [4.69, 9.17) is 5.11 Å². The van der Waals surface area contributed by atoms with Gasteiger partial charge in [-0.3, -0.25) is 0 Å². The Bertz CT molecular complexity index is 52.3. The summed E-state index contributed by atoms with van der Waals surface area (Å²) in [6, 6.07) is 0. The van der Waals surface area contributed by atoms with Crippen molar-refractivity contribution in [3.63, 3.8) is 0 Å². The van der Waals surface area contributed by atoms with Crippen LogP contribution in [0.15, 0.2) is 0 Å². The molecule has 0 amide bonds. The molecule has 2 nitrogen and oxygen atoms in total. The molecule has 0 aliphatic heterocycles. The van der Waals surface area contributed by atoms with Gasteiger partial charge in [-0.1, -0.05) is 0 Å². The fraction of sp³-hybridized carbons (Fsp3) is 1.00. The average Bonchev–Trinajstić information content (AvgIpc) is 1.35. The number of hydrogen-bond donors (Lipinski definition) is 0. The molecule has 0 saturated heterocycles. The first-order valence-electron chi connectivity index (χ1n) is 1.21. The predicted molar refractivity (Wildman–Crippen MR) is 14.5 cm³/mol. The Kier molecular flexibility index (Phi) is 38.5. The number of rotatable bonds is 0. The number of halogens is 5. The van der Waals surface area contributed by atoms with Crippen LogP contribution in [0.3, 0.4) is 0 Å². The summed E-state index contributed by atoms with van der Waals surface area (Å²) < 4.78 is 31.4. The predicted octanol–water partition coefficient (Wildman–Crippen LogP) is -6.91. The van der Waals surface area contributed by atoms with Gasteiger partial charge in [-0.15, -0.1) is 0 Å². The van der Waals surface area contributed by atoms with Crippen molar-refractivity contribution in [2.24, 2.45) is 0 Å². The normalized spacial score (nSPS) is 7.20. The molecule has 0 saturated carbocycles. The Morgan fingerprint density at radius 1 is 1.10 bits per heavy atom. The van der Waals surface area contributed by atoms with Gasteiger partial charge in [0.25, 0.3) is 0 Å². The van der Waals surface area contributed by atoms with Crippen molar-refractivity contribution >= 4 is 0 Å². The summed E-state index contributed by atoms with van der Waals surface area (Å²) in [4.78, 5) is 0. The van der Waals surface area contributed by atoms with Crippen LogP contribution in [-0.4, -0.2) is 18.3 Å². The van der Waals surface area contributed by atoms with Crippen LogP contribution in [0.2, 0.25) is 0 Å². The van der Waals surface area contributed by atoms with Crippen molar-refractivity contribution in [3.8, 4) is 0 Å². The van der Waals surface area contributed by atoms with Gasteiger partial charge in [0.05, 0.1) is 0 Å². The average molecular weight is 239 g/mol. The molecule has 1 radical (unpaired) electrons. The molecule has 0 aliphatic carbocycles. The molecule has 10 heavy (non-hydrogen) atoms. The zero-order chi connectivity index (χ0) is 5.21. The summed E-state index contributed by atoms with van der Waals surface area (Å²) >= 11 is 0. The molecular formula is C2H4Cl2F3O2V-3. The summed E-state index contributed by atoms with van der Waals surface area (Å²) in [5, 5.41) is 8.83. The van der Waals surface area contributed by atoms with Crippen LogP contribution in [0.25, 0.3) is 0 Å². The zero-order valence-electron chi connectivity index (χ0n) is 4.45. The third-order valence-electron chi connectivity index (χ3n) is 0.164. The van der Waals surface area contributed by atoms with Crippen LogP contribution in [-0.2, 0) is 18.6 Å². The topological polar surface area (TPSA) is 54.6 Å². The Labute approximate surface area is 80.2 Å². The second-order valence-electron chi connectivity index (χ2n) is 0.760. The molecule has 0 spiro atoms. The van der Waals surface area contributed by atoms with E-state index in [2.05, 4.69) is 0 Å². The maximum Gasteiger partial charge on any atom is 0.374 e. The van der Waals surface area contributed by atoms with E-state index in [0.29, 0.717) is 0 Å². The van der Waals surface area contributed by atoms with Gasteiger partial charge in [0.2, 0.25) is 0 Å². The third kappa shape index (κ3) is 36.7. The van der Waals surface area contributed by atoms with E-state index in [9.17, 15) is 13.2 Å². The fourth-order valence-electron chi connectivity index (χ4n) is 0. The Balaban J connectivity index is -0.0000000208. The van der Waals surface area contributed by atoms with Gasteiger partial charge in [-0.25, -0.2) is 0 Å². The van der Waals surface area contributed by atoms with Crippen LogP contribution >= 0.6 is 0 Å². The minimum atomic E-state index is -4.51. The standard InChI is InChI=1S/C2H2F3O.2ClH.H2O.V/c3-2(4,5)1-6;;;;/h1H2;2*1H;1H2;/q-1;;;;/p-2. The molecule has 2 N–H and O–H groups in total. The molecule has 0 aromatic heterocycles. The van der Waals surface area contributed by atoms with Gasteiger partial charge in [0.15, 0.2) is 0 Å². The molecule has 0 heterocycles. The first-order valence-corrected chi connectivity index (χ1v) is 1.21. The fourth-order valence-corrected chi connectivity index (χ4v) is 0. The van der Waals surface area contributed by atoms with Gasteiger partial charge in [-0.05, 0) is 6.61 Å². The molecule has 0 aromatic rings. The van der Waals surface area contributed by atoms with Crippen molar-refractivity contribution in [1.82, 2.24) is 0 Å². The van der Waals surface area contributed by atoms with E-state index in [0.717, 1.165) is 0 Å². The van der Waals surface area contributed by atoms with E-state index in [1.54, 1.807) is 0 Å². The number of alkyl halides is 3. The molecule has 0 aliphatic rings. The van der Waals surface area contributed by atoms with Crippen molar-refractivity contribution in [2.75, 3.05) is 6.61 Å². The minimum absolute atomic E-state index is 0. The second kappa shape index (κ2) is 12.5.